The third-order valence-electron chi connectivity index (χ3n) is 5.52. The number of hydrogen-bond acceptors (Lipinski definition) is 7. The summed E-state index contributed by atoms with van der Waals surface area (Å²) in [5.41, 5.74) is -0.709. The van der Waals surface area contributed by atoms with Crippen LogP contribution in [0.3, 0.4) is 0 Å². The maximum atomic E-state index is 14.0. The highest BCUT2D eigenvalue weighted by molar-refractivity contribution is 6.08. The van der Waals surface area contributed by atoms with Crippen LogP contribution in [0.25, 0.3) is 16.9 Å². The number of fused-ring (bicyclic) bond motifs is 1. The van der Waals surface area contributed by atoms with Crippen molar-refractivity contribution in [3.63, 3.8) is 0 Å². The molecule has 4 aromatic rings. The van der Waals surface area contributed by atoms with Gasteiger partial charge >= 0.3 is 6.18 Å². The van der Waals surface area contributed by atoms with E-state index < -0.39 is 17.8 Å². The van der Waals surface area contributed by atoms with E-state index >= 15 is 0 Å². The van der Waals surface area contributed by atoms with Crippen molar-refractivity contribution in [2.45, 2.75) is 13.1 Å². The predicted molar refractivity (Wildman–Crippen MR) is 127 cm³/mol. The zero-order valence-corrected chi connectivity index (χ0v) is 20.1. The van der Waals surface area contributed by atoms with Crippen LogP contribution >= 0.6 is 0 Å². The number of amides is 1. The van der Waals surface area contributed by atoms with Gasteiger partial charge < -0.3 is 19.5 Å². The van der Waals surface area contributed by atoms with Gasteiger partial charge in [-0.15, -0.1) is 0 Å². The topological polar surface area (TPSA) is 104 Å². The number of nitrogens with one attached hydrogen (secondary N) is 1. The number of halogens is 3. The van der Waals surface area contributed by atoms with Gasteiger partial charge in [0.15, 0.2) is 28.6 Å². The second-order valence-electron chi connectivity index (χ2n) is 7.82. The van der Waals surface area contributed by atoms with Gasteiger partial charge in [0.05, 0.1) is 33.2 Å². The van der Waals surface area contributed by atoms with Gasteiger partial charge in [-0.1, -0.05) is 0 Å². The lowest BCUT2D eigenvalue weighted by Gasteiger charge is -2.15. The molecule has 0 spiro atoms. The molecule has 1 amide bonds. The fourth-order valence-corrected chi connectivity index (χ4v) is 3.69. The Morgan fingerprint density at radius 3 is 2.08 bits per heavy atom. The summed E-state index contributed by atoms with van der Waals surface area (Å²) in [4.78, 5) is 28.8. The molecule has 2 heterocycles. The van der Waals surface area contributed by atoms with E-state index in [0.29, 0.717) is 15.8 Å². The Hall–Kier alpha value is -4.61. The number of methoxy groups -OCH3 is 3. The number of rotatable bonds is 7. The van der Waals surface area contributed by atoms with Crippen LogP contribution in [0.4, 0.5) is 18.9 Å². The normalized spacial score (nSPS) is 11.3. The predicted octanol–water partition coefficient (Wildman–Crippen LogP) is 4.90. The monoisotopic (exact) mass is 514 g/mol. The number of aromatic nitrogens is 3. The average Bonchev–Trinajstić information content (AvgIpc) is 3.31. The minimum atomic E-state index is -4.81. The summed E-state index contributed by atoms with van der Waals surface area (Å²) in [7, 11) is 4.15. The molecule has 0 aliphatic rings. The smallest absolute Gasteiger partial charge is 0.433 e. The first kappa shape index (κ1) is 25.5. The SMILES string of the molecule is COc1cc(-c2cc(C(F)(F)F)n3ncc(C(=O)Nc4ccc(C(C)=O)cc4)c3n2)cc(OC)c1OC. The van der Waals surface area contributed by atoms with E-state index in [4.69, 9.17) is 14.2 Å². The Bertz CT molecular complexity index is 1470. The molecule has 12 heteroatoms. The molecule has 0 saturated heterocycles. The van der Waals surface area contributed by atoms with E-state index in [2.05, 4.69) is 15.4 Å². The highest BCUT2D eigenvalue weighted by Gasteiger charge is 2.36. The molecule has 0 atom stereocenters. The van der Waals surface area contributed by atoms with Crippen molar-refractivity contribution in [1.29, 1.82) is 0 Å². The van der Waals surface area contributed by atoms with Crippen LogP contribution in [0.15, 0.2) is 48.7 Å². The number of nitrogens with zero attached hydrogens (tertiary/aromatic N) is 3. The first-order chi connectivity index (χ1) is 17.6. The quantitative estimate of drug-likeness (QED) is 0.350. The molecule has 0 bridgehead atoms. The van der Waals surface area contributed by atoms with Crippen LogP contribution in [0.2, 0.25) is 0 Å². The summed E-state index contributed by atoms with van der Waals surface area (Å²) in [5.74, 6) is -0.192. The van der Waals surface area contributed by atoms with Crippen LogP contribution in [-0.4, -0.2) is 47.6 Å². The summed E-state index contributed by atoms with van der Waals surface area (Å²) >= 11 is 0. The minimum Gasteiger partial charge on any atom is -0.493 e. The lowest BCUT2D eigenvalue weighted by atomic mass is 10.1. The van der Waals surface area contributed by atoms with E-state index in [1.165, 1.54) is 64.7 Å². The van der Waals surface area contributed by atoms with E-state index in [1.54, 1.807) is 0 Å². The lowest BCUT2D eigenvalue weighted by molar-refractivity contribution is -0.142. The van der Waals surface area contributed by atoms with Crippen LogP contribution in [-0.2, 0) is 6.18 Å². The second kappa shape index (κ2) is 9.80. The summed E-state index contributed by atoms with van der Waals surface area (Å²) in [6, 6.07) is 9.79. The number of ketones is 1. The van der Waals surface area contributed by atoms with Crippen molar-refractivity contribution >= 4 is 23.0 Å². The molecule has 9 nitrogen and oxygen atoms in total. The van der Waals surface area contributed by atoms with Gasteiger partial charge in [-0.2, -0.15) is 18.3 Å². The van der Waals surface area contributed by atoms with Gasteiger partial charge in [0.25, 0.3) is 5.91 Å². The van der Waals surface area contributed by atoms with Crippen molar-refractivity contribution in [2.75, 3.05) is 26.6 Å². The zero-order valence-electron chi connectivity index (χ0n) is 20.1. The number of benzene rings is 2. The van der Waals surface area contributed by atoms with Gasteiger partial charge in [0.2, 0.25) is 5.75 Å². The Kier molecular flexibility index (Phi) is 6.75. The van der Waals surface area contributed by atoms with Crippen LogP contribution < -0.4 is 19.5 Å². The molecular formula is C25H21F3N4O5. The van der Waals surface area contributed by atoms with Gasteiger partial charge in [-0.05, 0) is 49.4 Å². The highest BCUT2D eigenvalue weighted by atomic mass is 19.4. The molecular weight excluding hydrogens is 493 g/mol. The van der Waals surface area contributed by atoms with Crippen LogP contribution in [0.1, 0.15) is 33.3 Å². The van der Waals surface area contributed by atoms with E-state index in [-0.39, 0.29) is 45.5 Å². The van der Waals surface area contributed by atoms with Gasteiger partial charge in [-0.3, -0.25) is 9.59 Å². The molecule has 4 rings (SSSR count). The molecule has 0 radical (unpaired) electrons. The third-order valence-corrected chi connectivity index (χ3v) is 5.52. The summed E-state index contributed by atoms with van der Waals surface area (Å²) < 4.78 is 58.4. The van der Waals surface area contributed by atoms with Crippen molar-refractivity contribution in [3.8, 4) is 28.5 Å². The molecule has 192 valence electrons. The minimum absolute atomic E-state index is 0.0977. The van der Waals surface area contributed by atoms with Gasteiger partial charge in [0, 0.05) is 16.8 Å². The third kappa shape index (κ3) is 4.90. The van der Waals surface area contributed by atoms with Crippen LogP contribution in [0.5, 0.6) is 17.2 Å². The lowest BCUT2D eigenvalue weighted by Crippen LogP contribution is -2.16. The molecule has 0 saturated carbocycles. The van der Waals surface area contributed by atoms with Crippen molar-refractivity contribution in [1.82, 2.24) is 14.6 Å². The Labute approximate surface area is 208 Å². The molecule has 0 aliphatic heterocycles. The molecule has 2 aromatic carbocycles. The Balaban J connectivity index is 1.84. The number of Topliss-reactive ketones (excluding diaryl/α,β-unsaturated/α-hetero) is 1. The number of carbonyl (C=O) groups excluding carboxylic acids is 2. The van der Waals surface area contributed by atoms with E-state index in [9.17, 15) is 22.8 Å². The largest absolute Gasteiger partial charge is 0.493 e. The van der Waals surface area contributed by atoms with Gasteiger partial charge in [-0.25, -0.2) is 9.50 Å². The maximum absolute atomic E-state index is 14.0. The number of alkyl halides is 3. The second-order valence-corrected chi connectivity index (χ2v) is 7.82. The number of carbonyl (C=O) groups is 2. The summed E-state index contributed by atoms with van der Waals surface area (Å²) in [6.07, 6.45) is -3.80. The summed E-state index contributed by atoms with van der Waals surface area (Å²) in [6.45, 7) is 1.40. The Morgan fingerprint density at radius 1 is 0.946 bits per heavy atom. The highest BCUT2D eigenvalue weighted by Crippen LogP contribution is 2.42. The van der Waals surface area contributed by atoms with Crippen molar-refractivity contribution in [3.05, 3.63) is 65.5 Å². The molecule has 37 heavy (non-hydrogen) atoms. The average molecular weight is 514 g/mol. The first-order valence-corrected chi connectivity index (χ1v) is 10.8. The fraction of sp³-hybridized carbons (Fsp3) is 0.200. The fourth-order valence-electron chi connectivity index (χ4n) is 3.69. The van der Waals surface area contributed by atoms with Crippen LogP contribution in [0, 0.1) is 0 Å². The standard InChI is InChI=1S/C25H21F3N4O5/c1-13(33)14-5-7-16(8-6-14)30-24(34)17-12-29-32-21(25(26,27)28)11-18(31-23(17)32)15-9-19(35-2)22(37-4)20(10-15)36-3/h5-12H,1-4H3,(H,30,34). The summed E-state index contributed by atoms with van der Waals surface area (Å²) in [5, 5.41) is 6.36. The van der Waals surface area contributed by atoms with E-state index in [0.717, 1.165) is 12.3 Å². The zero-order chi connectivity index (χ0) is 26.9. The van der Waals surface area contributed by atoms with Crippen molar-refractivity contribution in [2.24, 2.45) is 0 Å². The molecule has 0 fully saturated rings. The molecule has 1 N–H and O–H groups in total. The maximum Gasteiger partial charge on any atom is 0.433 e. The van der Waals surface area contributed by atoms with E-state index in [1.807, 2.05) is 0 Å². The first-order valence-electron chi connectivity index (χ1n) is 10.8. The number of ether oxygens (including phenoxy) is 3. The van der Waals surface area contributed by atoms with Gasteiger partial charge in [0.1, 0.15) is 5.56 Å². The number of hydrogen-bond donors (Lipinski definition) is 1. The molecule has 0 aliphatic carbocycles. The van der Waals surface area contributed by atoms with Crippen molar-refractivity contribution < 1.29 is 37.0 Å². The molecule has 0 unspecified atom stereocenters. The Morgan fingerprint density at radius 2 is 1.57 bits per heavy atom. The number of anilines is 1. The molecule has 2 aromatic heterocycles.